The van der Waals surface area contributed by atoms with Crippen LogP contribution in [-0.2, 0) is 6.42 Å². The minimum atomic E-state index is 0.562. The molecule has 0 bridgehead atoms. The molecule has 0 aliphatic heterocycles. The largest absolute Gasteiger partial charge is 0.309 e. The predicted molar refractivity (Wildman–Crippen MR) is 82.3 cm³/mol. The molecular formula is C16H25NS. The van der Waals surface area contributed by atoms with Gasteiger partial charge < -0.3 is 5.32 Å². The van der Waals surface area contributed by atoms with E-state index in [1.807, 2.05) is 0 Å². The summed E-state index contributed by atoms with van der Waals surface area (Å²) in [5.74, 6) is 1.29. The summed E-state index contributed by atoms with van der Waals surface area (Å²) in [5.41, 5.74) is 3.10. The van der Waals surface area contributed by atoms with Crippen molar-refractivity contribution in [2.75, 3.05) is 12.3 Å². The molecule has 100 valence electrons. The Morgan fingerprint density at radius 2 is 2.06 bits per heavy atom. The van der Waals surface area contributed by atoms with Crippen LogP contribution in [0.2, 0.25) is 0 Å². The van der Waals surface area contributed by atoms with Crippen LogP contribution in [0.25, 0.3) is 0 Å². The van der Waals surface area contributed by atoms with Crippen molar-refractivity contribution in [2.24, 2.45) is 0 Å². The fourth-order valence-corrected chi connectivity index (χ4v) is 3.98. The van der Waals surface area contributed by atoms with Crippen LogP contribution in [0.4, 0.5) is 0 Å². The molecule has 0 amide bonds. The van der Waals surface area contributed by atoms with E-state index in [0.29, 0.717) is 6.04 Å². The summed E-state index contributed by atoms with van der Waals surface area (Å²) in [5, 5.41) is 4.52. The number of benzene rings is 1. The lowest BCUT2D eigenvalue weighted by Gasteiger charge is -2.34. The minimum absolute atomic E-state index is 0.562. The van der Waals surface area contributed by atoms with E-state index in [9.17, 15) is 0 Å². The third-order valence-electron chi connectivity index (χ3n) is 3.61. The van der Waals surface area contributed by atoms with Crippen molar-refractivity contribution >= 4 is 11.8 Å². The molecule has 0 heterocycles. The lowest BCUT2D eigenvalue weighted by atomic mass is 9.87. The van der Waals surface area contributed by atoms with Gasteiger partial charge in [-0.15, -0.1) is 0 Å². The molecule has 1 aliphatic carbocycles. The molecule has 1 aliphatic rings. The van der Waals surface area contributed by atoms with Crippen molar-refractivity contribution in [1.29, 1.82) is 0 Å². The Morgan fingerprint density at radius 1 is 1.22 bits per heavy atom. The Bertz CT molecular complexity index is 364. The van der Waals surface area contributed by atoms with E-state index in [4.69, 9.17) is 0 Å². The van der Waals surface area contributed by atoms with Gasteiger partial charge in [-0.2, -0.15) is 11.8 Å². The maximum absolute atomic E-state index is 3.77. The number of hydrogen-bond donors (Lipinski definition) is 1. The third-order valence-corrected chi connectivity index (χ3v) is 5.19. The molecule has 1 aromatic rings. The van der Waals surface area contributed by atoms with Gasteiger partial charge in [0.2, 0.25) is 0 Å². The van der Waals surface area contributed by atoms with Gasteiger partial charge in [-0.1, -0.05) is 38.1 Å². The van der Waals surface area contributed by atoms with E-state index in [1.54, 1.807) is 11.1 Å². The van der Waals surface area contributed by atoms with Gasteiger partial charge in [0.25, 0.3) is 0 Å². The second kappa shape index (κ2) is 7.20. The number of fused-ring (bicyclic) bond motifs is 1. The first-order valence-electron chi connectivity index (χ1n) is 7.29. The number of hydrogen-bond acceptors (Lipinski definition) is 2. The van der Waals surface area contributed by atoms with Gasteiger partial charge >= 0.3 is 0 Å². The smallest absolute Gasteiger partial charge is 0.0443 e. The molecule has 2 heteroatoms. The van der Waals surface area contributed by atoms with Gasteiger partial charge in [0.05, 0.1) is 0 Å². The van der Waals surface area contributed by atoms with Crippen LogP contribution >= 0.6 is 11.8 Å². The predicted octanol–water partition coefficient (Wildman–Crippen LogP) is 4.19. The molecule has 2 rings (SSSR count). The highest BCUT2D eigenvalue weighted by Gasteiger charge is 2.28. The Hall–Kier alpha value is -0.470. The van der Waals surface area contributed by atoms with E-state index in [1.165, 1.54) is 31.4 Å². The number of aryl methyl sites for hydroxylation is 1. The summed E-state index contributed by atoms with van der Waals surface area (Å²) in [6, 6.07) is 9.55. The van der Waals surface area contributed by atoms with E-state index in [0.717, 1.165) is 11.8 Å². The lowest BCUT2D eigenvalue weighted by Crippen LogP contribution is -2.35. The monoisotopic (exact) mass is 263 g/mol. The zero-order chi connectivity index (χ0) is 12.8. The normalized spacial score (nSPS) is 22.8. The highest BCUT2D eigenvalue weighted by molar-refractivity contribution is 7.99. The van der Waals surface area contributed by atoms with E-state index < -0.39 is 0 Å². The number of nitrogens with one attached hydrogen (secondary N) is 1. The van der Waals surface area contributed by atoms with Gasteiger partial charge in [-0.05, 0) is 49.1 Å². The maximum atomic E-state index is 3.77. The number of thioether (sulfide) groups is 1. The Kier molecular flexibility index (Phi) is 5.58. The standard InChI is InChI=1S/C16H25NS/c1-3-11-17-16-14-8-6-5-7-13(14)9-10-15(16)18-12-4-2/h5-8,15-17H,3-4,9-12H2,1-2H3. The van der Waals surface area contributed by atoms with Crippen LogP contribution in [0.5, 0.6) is 0 Å². The molecule has 18 heavy (non-hydrogen) atoms. The van der Waals surface area contributed by atoms with Crippen molar-refractivity contribution in [2.45, 2.75) is 50.8 Å². The second-order valence-corrected chi connectivity index (χ2v) is 6.43. The van der Waals surface area contributed by atoms with Gasteiger partial charge in [0.15, 0.2) is 0 Å². The molecule has 0 saturated carbocycles. The molecule has 2 atom stereocenters. The van der Waals surface area contributed by atoms with E-state index in [-0.39, 0.29) is 0 Å². The van der Waals surface area contributed by atoms with Gasteiger partial charge in [0.1, 0.15) is 0 Å². The molecule has 2 unspecified atom stereocenters. The molecular weight excluding hydrogens is 238 g/mol. The van der Waals surface area contributed by atoms with E-state index in [2.05, 4.69) is 55.2 Å². The van der Waals surface area contributed by atoms with Crippen LogP contribution in [-0.4, -0.2) is 17.5 Å². The molecule has 0 fully saturated rings. The lowest BCUT2D eigenvalue weighted by molar-refractivity contribution is 0.472. The molecule has 0 radical (unpaired) electrons. The van der Waals surface area contributed by atoms with Crippen LogP contribution in [0.1, 0.15) is 50.3 Å². The molecule has 1 aromatic carbocycles. The van der Waals surface area contributed by atoms with Crippen LogP contribution in [0.3, 0.4) is 0 Å². The van der Waals surface area contributed by atoms with E-state index >= 15 is 0 Å². The van der Waals surface area contributed by atoms with Crippen molar-refractivity contribution in [3.05, 3.63) is 35.4 Å². The Balaban J connectivity index is 2.13. The molecule has 0 saturated heterocycles. The topological polar surface area (TPSA) is 12.0 Å². The first-order valence-corrected chi connectivity index (χ1v) is 8.34. The minimum Gasteiger partial charge on any atom is -0.309 e. The SMILES string of the molecule is CCCNC1c2ccccc2CCC1SCCC. The van der Waals surface area contributed by atoms with Crippen molar-refractivity contribution in [3.8, 4) is 0 Å². The summed E-state index contributed by atoms with van der Waals surface area (Å²) in [6.45, 7) is 5.65. The molecule has 1 nitrogen and oxygen atoms in total. The molecule has 0 aromatic heterocycles. The van der Waals surface area contributed by atoms with Gasteiger partial charge in [-0.3, -0.25) is 0 Å². The Morgan fingerprint density at radius 3 is 2.83 bits per heavy atom. The highest BCUT2D eigenvalue weighted by Crippen LogP contribution is 2.37. The van der Waals surface area contributed by atoms with Crippen LogP contribution in [0.15, 0.2) is 24.3 Å². The number of rotatable bonds is 6. The zero-order valence-corrected chi connectivity index (χ0v) is 12.4. The van der Waals surface area contributed by atoms with Crippen LogP contribution in [0, 0.1) is 0 Å². The van der Waals surface area contributed by atoms with Crippen molar-refractivity contribution < 1.29 is 0 Å². The fourth-order valence-electron chi connectivity index (χ4n) is 2.72. The maximum Gasteiger partial charge on any atom is 0.0443 e. The highest BCUT2D eigenvalue weighted by atomic mass is 32.2. The van der Waals surface area contributed by atoms with Crippen molar-refractivity contribution in [1.82, 2.24) is 5.32 Å². The molecule has 0 spiro atoms. The summed E-state index contributed by atoms with van der Waals surface area (Å²) in [4.78, 5) is 0. The van der Waals surface area contributed by atoms with Gasteiger partial charge in [-0.25, -0.2) is 0 Å². The Labute approximate surface area is 116 Å². The van der Waals surface area contributed by atoms with Crippen molar-refractivity contribution in [3.63, 3.8) is 0 Å². The summed E-state index contributed by atoms with van der Waals surface area (Å²) < 4.78 is 0. The molecule has 1 N–H and O–H groups in total. The second-order valence-electron chi connectivity index (χ2n) is 5.08. The first-order chi connectivity index (χ1) is 8.86. The van der Waals surface area contributed by atoms with Gasteiger partial charge in [0, 0.05) is 11.3 Å². The summed E-state index contributed by atoms with van der Waals surface area (Å²) in [6.07, 6.45) is 5.07. The summed E-state index contributed by atoms with van der Waals surface area (Å²) >= 11 is 2.16. The third kappa shape index (κ3) is 3.30. The first kappa shape index (κ1) is 14.0. The summed E-state index contributed by atoms with van der Waals surface area (Å²) in [7, 11) is 0. The average Bonchev–Trinajstić information content (AvgIpc) is 2.43. The quantitative estimate of drug-likeness (QED) is 0.826. The fraction of sp³-hybridized carbons (Fsp3) is 0.625. The average molecular weight is 263 g/mol. The zero-order valence-electron chi connectivity index (χ0n) is 11.6. The van der Waals surface area contributed by atoms with Crippen LogP contribution < -0.4 is 5.32 Å².